The van der Waals surface area contributed by atoms with Gasteiger partial charge in [-0.1, -0.05) is 12.1 Å². The number of anilines is 1. The lowest BCUT2D eigenvalue weighted by Gasteiger charge is -2.08. The Balaban J connectivity index is 1.73. The Hall–Kier alpha value is -2.20. The Bertz CT molecular complexity index is 1210. The number of carbonyl (C=O) groups excluding carboxylic acids is 1. The van der Waals surface area contributed by atoms with Crippen molar-refractivity contribution >= 4 is 72.3 Å². The van der Waals surface area contributed by atoms with Gasteiger partial charge in [0.2, 0.25) is 0 Å². The van der Waals surface area contributed by atoms with Crippen molar-refractivity contribution in [3.05, 3.63) is 62.7 Å². The molecule has 142 valence electrons. The zero-order chi connectivity index (χ0) is 20.0. The highest BCUT2D eigenvalue weighted by molar-refractivity contribution is 7.80. The smallest absolute Gasteiger partial charge is 0.265 e. The Labute approximate surface area is 175 Å². The molecule has 0 aliphatic carbocycles. The molecule has 28 heavy (non-hydrogen) atoms. The molecule has 9 heteroatoms. The minimum atomic E-state index is -1.02. The molecule has 4 rings (SSSR count). The molecule has 1 amide bonds. The predicted molar refractivity (Wildman–Crippen MR) is 116 cm³/mol. The molecule has 1 aromatic carbocycles. The van der Waals surface area contributed by atoms with E-state index in [1.807, 2.05) is 11.4 Å². The first-order chi connectivity index (χ1) is 13.4. The number of aliphatic hydroxyl groups excluding tert-OH is 1. The van der Waals surface area contributed by atoms with Gasteiger partial charge >= 0.3 is 0 Å². The van der Waals surface area contributed by atoms with E-state index in [-0.39, 0.29) is 33.2 Å². The Morgan fingerprint density at radius 3 is 2.64 bits per heavy atom. The van der Waals surface area contributed by atoms with Crippen molar-refractivity contribution in [2.45, 2.75) is 6.92 Å². The summed E-state index contributed by atoms with van der Waals surface area (Å²) in [6, 6.07) is 6.61. The average Bonchev–Trinajstić information content (AvgIpc) is 3.34. The van der Waals surface area contributed by atoms with Crippen LogP contribution in [0.3, 0.4) is 0 Å². The number of fused-ring (bicyclic) bond motifs is 1. The maximum Gasteiger partial charge on any atom is 0.265 e. The number of benzene rings is 1. The Morgan fingerprint density at radius 2 is 1.93 bits per heavy atom. The summed E-state index contributed by atoms with van der Waals surface area (Å²) in [4.78, 5) is 13.4. The summed E-state index contributed by atoms with van der Waals surface area (Å²) in [6.45, 7) is 1.46. The van der Waals surface area contributed by atoms with Crippen molar-refractivity contribution in [1.29, 1.82) is 0 Å². The lowest BCUT2D eigenvalue weighted by molar-refractivity contribution is 0.103. The number of aryl methyl sites for hydroxylation is 1. The molecule has 3 aromatic heterocycles. The first-order valence-electron chi connectivity index (χ1n) is 7.95. The fourth-order valence-electron chi connectivity index (χ4n) is 2.74. The number of halogens is 2. The zero-order valence-electron chi connectivity index (χ0n) is 14.2. The van der Waals surface area contributed by atoms with Crippen LogP contribution in [0.1, 0.15) is 20.8 Å². The van der Waals surface area contributed by atoms with Gasteiger partial charge in [0, 0.05) is 20.3 Å². The van der Waals surface area contributed by atoms with Crippen LogP contribution in [0.25, 0.3) is 19.8 Å². The largest absolute Gasteiger partial charge is 0.498 e. The van der Waals surface area contributed by atoms with Gasteiger partial charge in [-0.25, -0.2) is 8.78 Å². The first-order valence-corrected chi connectivity index (χ1v) is 10.9. The summed E-state index contributed by atoms with van der Waals surface area (Å²) in [6.07, 6.45) is 0. The lowest BCUT2D eigenvalue weighted by atomic mass is 10.1. The quantitative estimate of drug-likeness (QED) is 0.337. The second kappa shape index (κ2) is 7.32. The van der Waals surface area contributed by atoms with E-state index in [0.717, 1.165) is 20.7 Å². The summed E-state index contributed by atoms with van der Waals surface area (Å²) >= 11 is 8.86. The molecule has 0 atom stereocenters. The summed E-state index contributed by atoms with van der Waals surface area (Å²) in [5, 5.41) is 15.7. The first kappa shape index (κ1) is 19.1. The van der Waals surface area contributed by atoms with Gasteiger partial charge in [-0.2, -0.15) is 0 Å². The van der Waals surface area contributed by atoms with E-state index >= 15 is 0 Å². The number of thiocarbonyl (C=S) groups is 1. The van der Waals surface area contributed by atoms with Crippen molar-refractivity contribution < 1.29 is 18.7 Å². The maximum atomic E-state index is 14.4. The molecule has 0 radical (unpaired) electrons. The number of aliphatic hydroxyl groups is 1. The molecule has 3 heterocycles. The molecule has 2 N–H and O–H groups in total. The number of thiophene rings is 3. The second-order valence-corrected chi connectivity index (χ2v) is 9.23. The van der Waals surface area contributed by atoms with Gasteiger partial charge in [0.25, 0.3) is 5.91 Å². The monoisotopic (exact) mass is 451 g/mol. The zero-order valence-corrected chi connectivity index (χ0v) is 17.5. The van der Waals surface area contributed by atoms with Crippen molar-refractivity contribution in [2.75, 3.05) is 5.32 Å². The van der Waals surface area contributed by atoms with Crippen LogP contribution in [0.15, 0.2) is 35.0 Å². The number of hydrogen-bond donors (Lipinski definition) is 2. The SMILES string of the molecule is Cc1ccc(-c2scc(NC(=O)c3cc4sccc4s3)c2C(O)=S)c(F)c1F. The van der Waals surface area contributed by atoms with Crippen LogP contribution in [0.4, 0.5) is 14.5 Å². The molecule has 0 aliphatic rings. The van der Waals surface area contributed by atoms with Crippen molar-refractivity contribution in [1.82, 2.24) is 0 Å². The number of carbonyl (C=O) groups is 1. The van der Waals surface area contributed by atoms with E-state index in [1.54, 1.807) is 11.4 Å². The van der Waals surface area contributed by atoms with Crippen molar-refractivity contribution in [3.8, 4) is 10.4 Å². The van der Waals surface area contributed by atoms with Crippen LogP contribution < -0.4 is 5.32 Å². The van der Waals surface area contributed by atoms with E-state index in [4.69, 9.17) is 12.2 Å². The van der Waals surface area contributed by atoms with Gasteiger partial charge in [0.1, 0.15) is 0 Å². The molecule has 0 aliphatic heterocycles. The number of nitrogens with one attached hydrogen (secondary N) is 1. The van der Waals surface area contributed by atoms with Crippen LogP contribution in [0.5, 0.6) is 0 Å². The van der Waals surface area contributed by atoms with Crippen LogP contribution in [0.2, 0.25) is 0 Å². The van der Waals surface area contributed by atoms with Crippen LogP contribution >= 0.6 is 46.2 Å². The lowest BCUT2D eigenvalue weighted by Crippen LogP contribution is -2.12. The minimum Gasteiger partial charge on any atom is -0.498 e. The van der Waals surface area contributed by atoms with Crippen LogP contribution in [-0.4, -0.2) is 16.1 Å². The number of amides is 1. The van der Waals surface area contributed by atoms with Gasteiger partial charge in [0.15, 0.2) is 16.7 Å². The highest BCUT2D eigenvalue weighted by Crippen LogP contribution is 2.39. The molecular weight excluding hydrogens is 440 g/mol. The predicted octanol–water partition coefficient (Wildman–Crippen LogP) is 6.76. The van der Waals surface area contributed by atoms with E-state index in [1.165, 1.54) is 41.7 Å². The van der Waals surface area contributed by atoms with Crippen LogP contribution in [0, 0.1) is 18.6 Å². The van der Waals surface area contributed by atoms with Crippen molar-refractivity contribution in [3.63, 3.8) is 0 Å². The van der Waals surface area contributed by atoms with Gasteiger partial charge in [-0.3, -0.25) is 4.79 Å². The Kier molecular flexibility index (Phi) is 5.00. The second-order valence-electron chi connectivity index (χ2n) is 5.93. The summed E-state index contributed by atoms with van der Waals surface area (Å²) in [5.41, 5.74) is 0.525. The molecule has 4 aromatic rings. The van der Waals surface area contributed by atoms with Gasteiger partial charge in [0.05, 0.1) is 21.0 Å². The van der Waals surface area contributed by atoms with Crippen LogP contribution in [-0.2, 0) is 0 Å². The molecule has 0 bridgehead atoms. The third-order valence-corrected chi connectivity index (χ3v) is 7.45. The molecule has 0 saturated carbocycles. The highest BCUT2D eigenvalue weighted by Gasteiger charge is 2.23. The maximum absolute atomic E-state index is 14.4. The van der Waals surface area contributed by atoms with E-state index in [9.17, 15) is 18.7 Å². The molecular formula is C19H11F2NO2S4. The van der Waals surface area contributed by atoms with Gasteiger partial charge in [-0.15, -0.1) is 34.0 Å². The standard InChI is InChI=1S/C19H11F2NO2S4/c1-8-2-3-9(16(21)15(8)20)17-14(19(24)25)10(7-27-17)22-18(23)13-6-12-11(28-13)4-5-26-12/h2-7H,1H3,(H,22,23)(H,24,25). The van der Waals surface area contributed by atoms with E-state index in [2.05, 4.69) is 5.32 Å². The molecule has 0 saturated heterocycles. The molecule has 0 unspecified atom stereocenters. The topological polar surface area (TPSA) is 49.3 Å². The van der Waals surface area contributed by atoms with Crippen molar-refractivity contribution in [2.24, 2.45) is 0 Å². The third-order valence-electron chi connectivity index (χ3n) is 4.14. The Morgan fingerprint density at radius 1 is 1.14 bits per heavy atom. The van der Waals surface area contributed by atoms with Gasteiger partial charge in [-0.05, 0) is 42.2 Å². The van der Waals surface area contributed by atoms with Gasteiger partial charge < -0.3 is 10.4 Å². The molecule has 3 nitrogen and oxygen atoms in total. The van der Waals surface area contributed by atoms with E-state index < -0.39 is 16.7 Å². The molecule has 0 spiro atoms. The minimum absolute atomic E-state index is 0.0170. The average molecular weight is 452 g/mol. The highest BCUT2D eigenvalue weighted by atomic mass is 32.1. The summed E-state index contributed by atoms with van der Waals surface area (Å²) < 4.78 is 30.4. The van der Waals surface area contributed by atoms with E-state index in [0.29, 0.717) is 4.88 Å². The fourth-order valence-corrected chi connectivity index (χ4v) is 6.05. The normalized spacial score (nSPS) is 11.1. The third kappa shape index (κ3) is 3.24. The molecule has 0 fully saturated rings. The number of rotatable bonds is 4. The summed E-state index contributed by atoms with van der Waals surface area (Å²) in [5.74, 6) is -2.33. The fraction of sp³-hybridized carbons (Fsp3) is 0.0526. The number of hydrogen-bond acceptors (Lipinski definition) is 5. The summed E-state index contributed by atoms with van der Waals surface area (Å²) in [7, 11) is 0.